The summed E-state index contributed by atoms with van der Waals surface area (Å²) in [5.74, 6) is 0.435. The van der Waals surface area contributed by atoms with Gasteiger partial charge >= 0.3 is 7.12 Å². The summed E-state index contributed by atoms with van der Waals surface area (Å²) in [6.45, 7) is 0. The second kappa shape index (κ2) is 4.33. The van der Waals surface area contributed by atoms with Crippen molar-refractivity contribution in [3.63, 3.8) is 0 Å². The van der Waals surface area contributed by atoms with Crippen LogP contribution in [-0.4, -0.2) is 24.3 Å². The number of benzene rings is 2. The molecule has 0 aromatic heterocycles. The zero-order valence-electron chi connectivity index (χ0n) is 8.64. The van der Waals surface area contributed by atoms with Crippen molar-refractivity contribution < 1.29 is 14.8 Å². The van der Waals surface area contributed by atoms with Crippen molar-refractivity contribution in [2.24, 2.45) is 0 Å². The van der Waals surface area contributed by atoms with E-state index in [9.17, 15) is 10.0 Å². The first-order chi connectivity index (χ1) is 7.63. The first-order valence-electron chi connectivity index (χ1n) is 4.76. The Balaban J connectivity index is 2.81. The van der Waals surface area contributed by atoms with E-state index in [1.54, 1.807) is 18.2 Å². The standard InChI is InChI=1S/C11H10BClO3/c1-16-10-5-3-7-2-4-8(13)6-9(7)11(10)12(14)15/h2-6,14-15H,1H3. The van der Waals surface area contributed by atoms with Crippen LogP contribution < -0.4 is 10.2 Å². The average Bonchev–Trinajstić information content (AvgIpc) is 2.26. The van der Waals surface area contributed by atoms with Gasteiger partial charge < -0.3 is 14.8 Å². The fourth-order valence-electron chi connectivity index (χ4n) is 1.74. The molecule has 0 saturated carbocycles. The summed E-state index contributed by atoms with van der Waals surface area (Å²) in [7, 11) is -0.102. The fraction of sp³-hybridized carbons (Fsp3) is 0.0909. The highest BCUT2D eigenvalue weighted by atomic mass is 35.5. The topological polar surface area (TPSA) is 49.7 Å². The normalized spacial score (nSPS) is 10.5. The number of halogens is 1. The highest BCUT2D eigenvalue weighted by molar-refractivity contribution is 6.63. The maximum Gasteiger partial charge on any atom is 0.492 e. The Morgan fingerprint density at radius 3 is 2.50 bits per heavy atom. The molecule has 0 saturated heterocycles. The van der Waals surface area contributed by atoms with E-state index in [2.05, 4.69) is 0 Å². The van der Waals surface area contributed by atoms with Crippen molar-refractivity contribution in [2.45, 2.75) is 0 Å². The van der Waals surface area contributed by atoms with Gasteiger partial charge in [0.25, 0.3) is 0 Å². The van der Waals surface area contributed by atoms with Crippen molar-refractivity contribution in [2.75, 3.05) is 7.11 Å². The number of ether oxygens (including phenoxy) is 1. The van der Waals surface area contributed by atoms with Gasteiger partial charge in [-0.3, -0.25) is 0 Å². The third-order valence-corrected chi connectivity index (χ3v) is 2.70. The lowest BCUT2D eigenvalue weighted by atomic mass is 9.76. The van der Waals surface area contributed by atoms with Gasteiger partial charge in [-0.1, -0.05) is 23.7 Å². The largest absolute Gasteiger partial charge is 0.497 e. The molecule has 0 heterocycles. The zero-order valence-corrected chi connectivity index (χ0v) is 9.40. The van der Waals surface area contributed by atoms with Crippen LogP contribution in [0, 0.1) is 0 Å². The van der Waals surface area contributed by atoms with Crippen LogP contribution in [0.5, 0.6) is 5.75 Å². The van der Waals surface area contributed by atoms with Gasteiger partial charge in [0.2, 0.25) is 0 Å². The number of fused-ring (bicyclic) bond motifs is 1. The third kappa shape index (κ3) is 1.87. The van der Waals surface area contributed by atoms with Crippen molar-refractivity contribution in [3.8, 4) is 5.75 Å². The molecule has 0 aliphatic carbocycles. The molecule has 2 N–H and O–H groups in total. The number of methoxy groups -OCH3 is 1. The molecule has 0 fully saturated rings. The maximum atomic E-state index is 9.36. The van der Waals surface area contributed by atoms with Crippen LogP contribution in [0.4, 0.5) is 0 Å². The van der Waals surface area contributed by atoms with E-state index in [1.807, 2.05) is 12.1 Å². The lowest BCUT2D eigenvalue weighted by Gasteiger charge is -2.11. The molecule has 82 valence electrons. The zero-order chi connectivity index (χ0) is 11.7. The number of hydrogen-bond donors (Lipinski definition) is 2. The smallest absolute Gasteiger partial charge is 0.492 e. The van der Waals surface area contributed by atoms with E-state index in [-0.39, 0.29) is 0 Å². The van der Waals surface area contributed by atoms with E-state index in [0.717, 1.165) is 5.39 Å². The molecular weight excluding hydrogens is 226 g/mol. The van der Waals surface area contributed by atoms with Crippen molar-refractivity contribution in [1.29, 1.82) is 0 Å². The fourth-order valence-corrected chi connectivity index (χ4v) is 1.91. The van der Waals surface area contributed by atoms with Gasteiger partial charge in [0, 0.05) is 10.5 Å². The minimum absolute atomic E-state index is 0.336. The van der Waals surface area contributed by atoms with Gasteiger partial charge in [-0.25, -0.2) is 0 Å². The van der Waals surface area contributed by atoms with Gasteiger partial charge in [0.05, 0.1) is 7.11 Å². The molecule has 0 radical (unpaired) electrons. The molecule has 0 atom stereocenters. The van der Waals surface area contributed by atoms with E-state index in [1.165, 1.54) is 7.11 Å². The highest BCUT2D eigenvalue weighted by Crippen LogP contribution is 2.22. The molecule has 0 aliphatic heterocycles. The second-order valence-electron chi connectivity index (χ2n) is 3.42. The van der Waals surface area contributed by atoms with Crippen LogP contribution in [0.2, 0.25) is 5.02 Å². The molecule has 2 aromatic rings. The summed E-state index contributed by atoms with van der Waals surface area (Å²) in [6.07, 6.45) is 0. The Hall–Kier alpha value is -1.23. The SMILES string of the molecule is COc1ccc2ccc(Cl)cc2c1B(O)O. The molecular formula is C11H10BClO3. The minimum Gasteiger partial charge on any atom is -0.497 e. The van der Waals surface area contributed by atoms with Crippen LogP contribution in [0.25, 0.3) is 10.8 Å². The molecule has 16 heavy (non-hydrogen) atoms. The predicted octanol–water partition coefficient (Wildman–Crippen LogP) is 1.18. The second-order valence-corrected chi connectivity index (χ2v) is 3.86. The molecule has 3 nitrogen and oxygen atoms in total. The minimum atomic E-state index is -1.59. The van der Waals surface area contributed by atoms with Crippen molar-refractivity contribution in [3.05, 3.63) is 35.4 Å². The van der Waals surface area contributed by atoms with E-state index in [4.69, 9.17) is 16.3 Å². The molecule has 2 rings (SSSR count). The molecule has 2 aromatic carbocycles. The van der Waals surface area contributed by atoms with Crippen LogP contribution in [0.15, 0.2) is 30.3 Å². The lowest BCUT2D eigenvalue weighted by molar-refractivity contribution is 0.404. The lowest BCUT2D eigenvalue weighted by Crippen LogP contribution is -2.31. The summed E-state index contributed by atoms with van der Waals surface area (Å²) >= 11 is 5.89. The summed E-state index contributed by atoms with van der Waals surface area (Å²) < 4.78 is 5.09. The Morgan fingerprint density at radius 2 is 1.88 bits per heavy atom. The predicted molar refractivity (Wildman–Crippen MR) is 65.3 cm³/mol. The first kappa shape index (κ1) is 11.3. The number of rotatable bonds is 2. The Labute approximate surface area is 98.4 Å². The molecule has 0 spiro atoms. The van der Waals surface area contributed by atoms with E-state index < -0.39 is 7.12 Å². The van der Waals surface area contributed by atoms with E-state index >= 15 is 0 Å². The van der Waals surface area contributed by atoms with Gasteiger partial charge in [0.15, 0.2) is 0 Å². The summed E-state index contributed by atoms with van der Waals surface area (Å²) in [6, 6.07) is 8.81. The molecule has 5 heteroatoms. The van der Waals surface area contributed by atoms with Crippen molar-refractivity contribution in [1.82, 2.24) is 0 Å². The van der Waals surface area contributed by atoms with Crippen LogP contribution in [0.3, 0.4) is 0 Å². The van der Waals surface area contributed by atoms with Crippen molar-refractivity contribution >= 4 is 35.0 Å². The van der Waals surface area contributed by atoms with Gasteiger partial charge in [-0.15, -0.1) is 0 Å². The quantitative estimate of drug-likeness (QED) is 0.770. The van der Waals surface area contributed by atoms with Gasteiger partial charge in [0.1, 0.15) is 5.75 Å². The first-order valence-corrected chi connectivity index (χ1v) is 5.13. The Morgan fingerprint density at radius 1 is 1.19 bits per heavy atom. The van der Waals surface area contributed by atoms with Crippen LogP contribution >= 0.6 is 11.6 Å². The summed E-state index contributed by atoms with van der Waals surface area (Å²) in [5, 5.41) is 20.8. The number of hydrogen-bond acceptors (Lipinski definition) is 3. The summed E-state index contributed by atoms with van der Waals surface area (Å²) in [4.78, 5) is 0. The molecule has 0 aliphatic rings. The van der Waals surface area contributed by atoms with Gasteiger partial charge in [-0.05, 0) is 29.0 Å². The average molecular weight is 236 g/mol. The molecule has 0 unspecified atom stereocenters. The monoisotopic (exact) mass is 236 g/mol. The highest BCUT2D eigenvalue weighted by Gasteiger charge is 2.20. The maximum absolute atomic E-state index is 9.36. The third-order valence-electron chi connectivity index (χ3n) is 2.46. The van der Waals surface area contributed by atoms with E-state index in [0.29, 0.717) is 21.6 Å². The molecule has 0 bridgehead atoms. The Bertz CT molecular complexity index is 528. The Kier molecular flexibility index (Phi) is 3.05. The molecule has 0 amide bonds. The van der Waals surface area contributed by atoms with Crippen LogP contribution in [0.1, 0.15) is 0 Å². The van der Waals surface area contributed by atoms with Crippen LogP contribution in [-0.2, 0) is 0 Å². The van der Waals surface area contributed by atoms with Gasteiger partial charge in [-0.2, -0.15) is 0 Å². The summed E-state index contributed by atoms with van der Waals surface area (Å²) in [5.41, 5.74) is 0.336.